The molecule has 0 radical (unpaired) electrons. The van der Waals surface area contributed by atoms with Gasteiger partial charge in [0.1, 0.15) is 5.69 Å². The predicted molar refractivity (Wildman–Crippen MR) is 93.2 cm³/mol. The Morgan fingerprint density at radius 1 is 1.29 bits per heavy atom. The molecule has 1 aromatic carbocycles. The van der Waals surface area contributed by atoms with Crippen molar-refractivity contribution < 1.29 is 13.3 Å². The molecule has 1 unspecified atom stereocenters. The smallest absolute Gasteiger partial charge is 0.293 e. The van der Waals surface area contributed by atoms with Gasteiger partial charge in [0, 0.05) is 51.1 Å². The van der Waals surface area contributed by atoms with Crippen molar-refractivity contribution in [2.24, 2.45) is 0 Å². The molecule has 1 heterocycles. The summed E-state index contributed by atoms with van der Waals surface area (Å²) in [6, 6.07) is 4.20. The van der Waals surface area contributed by atoms with Gasteiger partial charge in [0.05, 0.1) is 9.82 Å². The third-order valence-electron chi connectivity index (χ3n) is 4.34. The fraction of sp³-hybridized carbons (Fsp3) is 0.600. The van der Waals surface area contributed by atoms with Crippen LogP contribution in [0.25, 0.3) is 0 Å². The number of rotatable bonds is 6. The van der Waals surface area contributed by atoms with Crippen LogP contribution in [0.15, 0.2) is 23.1 Å². The number of sulfone groups is 1. The molecule has 1 aliphatic heterocycles. The quantitative estimate of drug-likeness (QED) is 0.601. The van der Waals surface area contributed by atoms with E-state index in [0.717, 1.165) is 38.5 Å². The minimum Gasteiger partial charge on any atom is -0.378 e. The first-order valence-electron chi connectivity index (χ1n) is 7.83. The second-order valence-corrected chi connectivity index (χ2v) is 8.29. The number of nitrogens with one attached hydrogen (secondary N) is 1. The molecule has 8 nitrogen and oxygen atoms in total. The summed E-state index contributed by atoms with van der Waals surface area (Å²) in [4.78, 5) is 15.2. The third-order valence-corrected chi connectivity index (χ3v) is 5.45. The molecule has 1 aromatic rings. The fourth-order valence-electron chi connectivity index (χ4n) is 2.69. The van der Waals surface area contributed by atoms with E-state index in [-0.39, 0.29) is 16.6 Å². The maximum absolute atomic E-state index is 11.6. The first-order chi connectivity index (χ1) is 11.2. The van der Waals surface area contributed by atoms with Gasteiger partial charge in [-0.15, -0.1) is 0 Å². The van der Waals surface area contributed by atoms with Gasteiger partial charge in [0.25, 0.3) is 5.69 Å². The Kier molecular flexibility index (Phi) is 5.79. The van der Waals surface area contributed by atoms with Crippen LogP contribution in [-0.4, -0.2) is 75.2 Å². The maximum Gasteiger partial charge on any atom is 0.293 e. The van der Waals surface area contributed by atoms with Gasteiger partial charge in [-0.3, -0.25) is 15.0 Å². The molecule has 0 aromatic heterocycles. The van der Waals surface area contributed by atoms with E-state index in [9.17, 15) is 18.5 Å². The first-order valence-corrected chi connectivity index (χ1v) is 9.72. The second-order valence-electron chi connectivity index (χ2n) is 6.28. The minimum atomic E-state index is -3.47. The Bertz CT molecular complexity index is 699. The molecule has 0 saturated carbocycles. The molecule has 0 bridgehead atoms. The molecule has 0 aliphatic carbocycles. The number of hydrogen-bond acceptors (Lipinski definition) is 7. The van der Waals surface area contributed by atoms with E-state index in [2.05, 4.69) is 29.1 Å². The van der Waals surface area contributed by atoms with Crippen LogP contribution < -0.4 is 5.32 Å². The Labute approximate surface area is 142 Å². The molecule has 1 saturated heterocycles. The largest absolute Gasteiger partial charge is 0.378 e. The van der Waals surface area contributed by atoms with E-state index in [1.54, 1.807) is 0 Å². The monoisotopic (exact) mass is 356 g/mol. The van der Waals surface area contributed by atoms with Crippen LogP contribution in [0, 0.1) is 10.1 Å². The highest BCUT2D eigenvalue weighted by Crippen LogP contribution is 2.27. The molecule has 134 valence electrons. The topological polar surface area (TPSA) is 95.8 Å². The van der Waals surface area contributed by atoms with Crippen LogP contribution >= 0.6 is 0 Å². The summed E-state index contributed by atoms with van der Waals surface area (Å²) in [5.74, 6) is 0. The van der Waals surface area contributed by atoms with Gasteiger partial charge in [-0.05, 0) is 26.1 Å². The van der Waals surface area contributed by atoms with E-state index >= 15 is 0 Å². The summed E-state index contributed by atoms with van der Waals surface area (Å²) in [6.07, 6.45) is 1.04. The van der Waals surface area contributed by atoms with Gasteiger partial charge in [-0.25, -0.2) is 8.42 Å². The summed E-state index contributed by atoms with van der Waals surface area (Å²) < 4.78 is 23.1. The summed E-state index contributed by atoms with van der Waals surface area (Å²) in [5.41, 5.74) is 0.122. The number of anilines is 1. The molecule has 0 spiro atoms. The van der Waals surface area contributed by atoms with E-state index in [4.69, 9.17) is 0 Å². The summed E-state index contributed by atoms with van der Waals surface area (Å²) in [7, 11) is -1.38. The molecule has 1 aliphatic rings. The molecule has 0 amide bonds. The van der Waals surface area contributed by atoms with Crippen LogP contribution in [0.2, 0.25) is 0 Å². The lowest BCUT2D eigenvalue weighted by atomic mass is 10.2. The van der Waals surface area contributed by atoms with Gasteiger partial charge in [0.2, 0.25) is 0 Å². The standard InChI is InChI=1S/C15H24N4O4S/c1-12(18-8-6-17(2)7-9-18)11-16-14-5-4-13(24(3,22)23)10-15(14)19(20)21/h4-5,10,12,16H,6-9,11H2,1-3H3. The van der Waals surface area contributed by atoms with E-state index < -0.39 is 14.8 Å². The molecule has 1 fully saturated rings. The van der Waals surface area contributed by atoms with Crippen LogP contribution in [0.4, 0.5) is 11.4 Å². The zero-order chi connectivity index (χ0) is 17.9. The van der Waals surface area contributed by atoms with Crippen molar-refractivity contribution in [1.29, 1.82) is 0 Å². The van der Waals surface area contributed by atoms with E-state index in [1.165, 1.54) is 12.1 Å². The van der Waals surface area contributed by atoms with Crippen molar-refractivity contribution in [3.8, 4) is 0 Å². The number of nitrogens with zero attached hydrogens (tertiary/aromatic N) is 3. The number of nitro groups is 1. The molecular weight excluding hydrogens is 332 g/mol. The molecule has 9 heteroatoms. The lowest BCUT2D eigenvalue weighted by molar-refractivity contribution is -0.384. The first kappa shape index (κ1) is 18.6. The van der Waals surface area contributed by atoms with E-state index in [0.29, 0.717) is 12.2 Å². The zero-order valence-corrected chi connectivity index (χ0v) is 15.0. The van der Waals surface area contributed by atoms with Gasteiger partial charge in [-0.1, -0.05) is 0 Å². The summed E-state index contributed by atoms with van der Waals surface area (Å²) in [5, 5.41) is 14.3. The number of hydrogen-bond donors (Lipinski definition) is 1. The number of likely N-dealkylation sites (N-methyl/N-ethyl adjacent to an activating group) is 1. The number of piperazine rings is 1. The van der Waals surface area contributed by atoms with Crippen molar-refractivity contribution in [2.75, 3.05) is 51.3 Å². The molecule has 1 N–H and O–H groups in total. The normalized spacial score (nSPS) is 18.3. The Morgan fingerprint density at radius 2 is 1.92 bits per heavy atom. The van der Waals surface area contributed by atoms with Crippen LogP contribution in [0.1, 0.15) is 6.92 Å². The van der Waals surface area contributed by atoms with Crippen LogP contribution in [0.3, 0.4) is 0 Å². The fourth-order valence-corrected chi connectivity index (χ4v) is 3.33. The van der Waals surface area contributed by atoms with Crippen molar-refractivity contribution in [3.05, 3.63) is 28.3 Å². The highest BCUT2D eigenvalue weighted by atomic mass is 32.2. The Hall–Kier alpha value is -1.71. The van der Waals surface area contributed by atoms with Crippen LogP contribution in [-0.2, 0) is 9.84 Å². The van der Waals surface area contributed by atoms with Gasteiger partial charge < -0.3 is 10.2 Å². The Balaban J connectivity index is 2.07. The average Bonchev–Trinajstić information content (AvgIpc) is 2.52. The van der Waals surface area contributed by atoms with Gasteiger partial charge >= 0.3 is 0 Å². The van der Waals surface area contributed by atoms with Crippen molar-refractivity contribution in [1.82, 2.24) is 9.80 Å². The second kappa shape index (κ2) is 7.45. The highest BCUT2D eigenvalue weighted by Gasteiger charge is 2.22. The molecule has 24 heavy (non-hydrogen) atoms. The Morgan fingerprint density at radius 3 is 2.46 bits per heavy atom. The van der Waals surface area contributed by atoms with Crippen molar-refractivity contribution in [3.63, 3.8) is 0 Å². The van der Waals surface area contributed by atoms with Gasteiger partial charge in [-0.2, -0.15) is 0 Å². The van der Waals surface area contributed by atoms with Gasteiger partial charge in [0.15, 0.2) is 9.84 Å². The number of benzene rings is 1. The summed E-state index contributed by atoms with van der Waals surface area (Å²) in [6.45, 7) is 6.59. The lowest BCUT2D eigenvalue weighted by Crippen LogP contribution is -2.49. The molecule has 2 rings (SSSR count). The van der Waals surface area contributed by atoms with Crippen molar-refractivity contribution in [2.45, 2.75) is 17.9 Å². The maximum atomic E-state index is 11.6. The minimum absolute atomic E-state index is 0.0492. The predicted octanol–water partition coefficient (Wildman–Crippen LogP) is 1.05. The van der Waals surface area contributed by atoms with Crippen LogP contribution in [0.5, 0.6) is 0 Å². The third kappa shape index (κ3) is 4.65. The highest BCUT2D eigenvalue weighted by molar-refractivity contribution is 7.90. The zero-order valence-electron chi connectivity index (χ0n) is 14.2. The molecular formula is C15H24N4O4S. The lowest BCUT2D eigenvalue weighted by Gasteiger charge is -2.36. The van der Waals surface area contributed by atoms with E-state index in [1.807, 2.05) is 0 Å². The van der Waals surface area contributed by atoms with Crippen molar-refractivity contribution >= 4 is 21.2 Å². The number of nitro benzene ring substituents is 1. The SMILES string of the molecule is CC(CNc1ccc(S(C)(=O)=O)cc1[N+](=O)[O-])N1CCN(C)CC1. The molecule has 1 atom stereocenters. The summed E-state index contributed by atoms with van der Waals surface area (Å²) >= 11 is 0. The average molecular weight is 356 g/mol.